The lowest BCUT2D eigenvalue weighted by Crippen LogP contribution is -2.45. The molecule has 3 aromatic rings. The van der Waals surface area contributed by atoms with Gasteiger partial charge in [0.15, 0.2) is 0 Å². The molecule has 1 saturated heterocycles. The van der Waals surface area contributed by atoms with Crippen LogP contribution in [0.4, 0.5) is 13.2 Å². The first-order chi connectivity index (χ1) is 17.1. The third kappa shape index (κ3) is 4.56. The molecule has 2 fully saturated rings. The molecule has 1 aromatic heterocycles. The number of likely N-dealkylation sites (tertiary alicyclic amines) is 1. The number of benzene rings is 2. The first-order valence-electron chi connectivity index (χ1n) is 11.6. The van der Waals surface area contributed by atoms with Gasteiger partial charge in [0.25, 0.3) is 11.5 Å². The SMILES string of the molecule is O=C(c1ccccc1)n1c(=O)c(I)cn(CCCN2C[C@@H]3C[C@]3(c3cccc(C(F)(F)F)c3)C2)c1=O. The van der Waals surface area contributed by atoms with E-state index < -0.39 is 28.9 Å². The topological polar surface area (TPSA) is 64.3 Å². The van der Waals surface area contributed by atoms with Crippen LogP contribution in [0.2, 0.25) is 0 Å². The van der Waals surface area contributed by atoms with Crippen molar-refractivity contribution in [2.75, 3.05) is 19.6 Å². The molecule has 5 rings (SSSR count). The van der Waals surface area contributed by atoms with Gasteiger partial charge in [-0.3, -0.25) is 14.2 Å². The fraction of sp³-hybridized carbons (Fsp3) is 0.346. The second kappa shape index (κ2) is 9.29. The molecule has 1 aliphatic carbocycles. The lowest BCUT2D eigenvalue weighted by atomic mass is 9.93. The molecule has 1 saturated carbocycles. The highest BCUT2D eigenvalue weighted by Crippen LogP contribution is 2.59. The monoisotopic (exact) mass is 609 g/mol. The van der Waals surface area contributed by atoms with Crippen LogP contribution >= 0.6 is 22.6 Å². The Labute approximate surface area is 218 Å². The van der Waals surface area contributed by atoms with E-state index in [0.717, 1.165) is 24.6 Å². The van der Waals surface area contributed by atoms with E-state index in [2.05, 4.69) is 4.90 Å². The number of carbonyl (C=O) groups is 1. The van der Waals surface area contributed by atoms with Crippen LogP contribution in [0.1, 0.15) is 34.3 Å². The van der Waals surface area contributed by atoms with Gasteiger partial charge in [0, 0.05) is 36.8 Å². The summed E-state index contributed by atoms with van der Waals surface area (Å²) in [6.45, 7) is 2.45. The van der Waals surface area contributed by atoms with E-state index >= 15 is 0 Å². The van der Waals surface area contributed by atoms with Crippen molar-refractivity contribution < 1.29 is 18.0 Å². The van der Waals surface area contributed by atoms with Gasteiger partial charge in [-0.1, -0.05) is 36.4 Å². The van der Waals surface area contributed by atoms with Crippen molar-refractivity contribution in [1.82, 2.24) is 14.0 Å². The molecule has 1 aliphatic heterocycles. The van der Waals surface area contributed by atoms with Gasteiger partial charge in [-0.15, -0.1) is 0 Å². The highest BCUT2D eigenvalue weighted by atomic mass is 127. The smallest absolute Gasteiger partial charge is 0.302 e. The van der Waals surface area contributed by atoms with Gasteiger partial charge in [0.05, 0.1) is 9.13 Å². The molecule has 188 valence electrons. The number of nitrogens with zero attached hydrogens (tertiary/aromatic N) is 3. The minimum atomic E-state index is -4.36. The van der Waals surface area contributed by atoms with Crippen molar-refractivity contribution in [2.45, 2.75) is 31.0 Å². The average Bonchev–Trinajstić information content (AvgIpc) is 3.43. The number of alkyl halides is 3. The molecule has 0 amide bonds. The summed E-state index contributed by atoms with van der Waals surface area (Å²) in [5.74, 6) is -0.337. The maximum Gasteiger partial charge on any atom is 0.416 e. The van der Waals surface area contributed by atoms with Crippen molar-refractivity contribution in [1.29, 1.82) is 0 Å². The Morgan fingerprint density at radius 2 is 1.81 bits per heavy atom. The van der Waals surface area contributed by atoms with Crippen molar-refractivity contribution >= 4 is 28.5 Å². The Kier molecular flexibility index (Phi) is 6.44. The highest BCUT2D eigenvalue weighted by molar-refractivity contribution is 14.1. The van der Waals surface area contributed by atoms with Gasteiger partial charge >= 0.3 is 11.9 Å². The fourth-order valence-electron chi connectivity index (χ4n) is 5.29. The number of aryl methyl sites for hydroxylation is 1. The van der Waals surface area contributed by atoms with E-state index in [1.807, 2.05) is 22.6 Å². The van der Waals surface area contributed by atoms with Crippen LogP contribution in [0.15, 0.2) is 70.4 Å². The predicted molar refractivity (Wildman–Crippen MR) is 136 cm³/mol. The molecule has 36 heavy (non-hydrogen) atoms. The quantitative estimate of drug-likeness (QED) is 0.397. The molecular weight excluding hydrogens is 586 g/mol. The molecule has 2 heterocycles. The summed E-state index contributed by atoms with van der Waals surface area (Å²) in [4.78, 5) is 40.6. The van der Waals surface area contributed by atoms with Gasteiger partial charge in [-0.2, -0.15) is 17.7 Å². The van der Waals surface area contributed by atoms with E-state index in [9.17, 15) is 27.6 Å². The van der Waals surface area contributed by atoms with Gasteiger partial charge in [-0.25, -0.2) is 4.79 Å². The Morgan fingerprint density at radius 1 is 1.06 bits per heavy atom. The second-order valence-electron chi connectivity index (χ2n) is 9.49. The van der Waals surface area contributed by atoms with E-state index in [0.29, 0.717) is 36.5 Å². The van der Waals surface area contributed by atoms with E-state index in [1.165, 1.54) is 22.9 Å². The third-order valence-electron chi connectivity index (χ3n) is 7.19. The van der Waals surface area contributed by atoms with Crippen LogP contribution in [0.5, 0.6) is 0 Å². The van der Waals surface area contributed by atoms with Crippen LogP contribution in [0, 0.1) is 9.49 Å². The second-order valence-corrected chi connectivity index (χ2v) is 10.7. The molecule has 0 spiro atoms. The molecule has 10 heteroatoms. The lowest BCUT2D eigenvalue weighted by molar-refractivity contribution is -0.137. The van der Waals surface area contributed by atoms with Crippen molar-refractivity contribution in [2.24, 2.45) is 5.92 Å². The zero-order valence-corrected chi connectivity index (χ0v) is 21.3. The summed E-state index contributed by atoms with van der Waals surface area (Å²) in [7, 11) is 0. The summed E-state index contributed by atoms with van der Waals surface area (Å²) < 4.78 is 41.8. The standard InChI is InChI=1S/C26H23F3IN3O3/c27-26(28,29)19-9-4-8-18(12-19)25-13-20(25)14-31(16-25)10-5-11-32-15-21(30)23(35)33(24(32)36)22(34)17-6-2-1-3-7-17/h1-4,6-9,12,15,20H,5,10-11,13-14,16H2/t20-,25+/m0/s1. The number of piperidine rings is 1. The van der Waals surface area contributed by atoms with Gasteiger partial charge in [0.2, 0.25) is 0 Å². The number of hydrogen-bond donors (Lipinski definition) is 0. The van der Waals surface area contributed by atoms with E-state index in [-0.39, 0.29) is 14.5 Å². The van der Waals surface area contributed by atoms with Gasteiger partial charge in [0.1, 0.15) is 0 Å². The summed E-state index contributed by atoms with van der Waals surface area (Å²) in [5.41, 5.74) is -1.19. The number of halogens is 4. The Morgan fingerprint density at radius 3 is 2.53 bits per heavy atom. The van der Waals surface area contributed by atoms with Crippen LogP contribution in [-0.4, -0.2) is 39.6 Å². The summed E-state index contributed by atoms with van der Waals surface area (Å²) >= 11 is 1.82. The van der Waals surface area contributed by atoms with E-state index in [4.69, 9.17) is 0 Å². The Bertz CT molecular complexity index is 1430. The lowest BCUT2D eigenvalue weighted by Gasteiger charge is -2.22. The molecule has 0 radical (unpaired) electrons. The summed E-state index contributed by atoms with van der Waals surface area (Å²) in [6, 6.07) is 13.8. The normalized spacial score (nSPS) is 21.4. The van der Waals surface area contributed by atoms with Crippen molar-refractivity contribution in [3.63, 3.8) is 0 Å². The number of rotatable bonds is 6. The molecule has 2 aromatic carbocycles. The van der Waals surface area contributed by atoms with Gasteiger partial charge < -0.3 is 4.90 Å². The summed E-state index contributed by atoms with van der Waals surface area (Å²) in [5, 5.41) is 0. The highest BCUT2D eigenvalue weighted by Gasteiger charge is 2.60. The molecule has 0 bridgehead atoms. The number of hydrogen-bond acceptors (Lipinski definition) is 4. The Balaban J connectivity index is 1.27. The number of carbonyl (C=O) groups excluding carboxylic acids is 1. The van der Waals surface area contributed by atoms with Crippen molar-refractivity contribution in [3.05, 3.63) is 102 Å². The summed E-state index contributed by atoms with van der Waals surface area (Å²) in [6.07, 6.45) is -1.42. The largest absolute Gasteiger partial charge is 0.416 e. The van der Waals surface area contributed by atoms with Crippen molar-refractivity contribution in [3.8, 4) is 0 Å². The average molecular weight is 609 g/mol. The van der Waals surface area contributed by atoms with Crippen LogP contribution < -0.4 is 11.2 Å². The zero-order chi connectivity index (χ0) is 25.7. The molecule has 0 unspecified atom stereocenters. The Hall–Kier alpha value is -2.73. The predicted octanol–water partition coefficient (Wildman–Crippen LogP) is 3.99. The number of aromatic nitrogens is 2. The molecule has 6 nitrogen and oxygen atoms in total. The molecular formula is C26H23F3IN3O3. The van der Waals surface area contributed by atoms with Crippen LogP contribution in [0.3, 0.4) is 0 Å². The minimum absolute atomic E-state index is 0.233. The first-order valence-corrected chi connectivity index (χ1v) is 12.7. The third-order valence-corrected chi connectivity index (χ3v) is 7.93. The first kappa shape index (κ1) is 24.9. The van der Waals surface area contributed by atoms with Crippen LogP contribution in [-0.2, 0) is 18.1 Å². The zero-order valence-electron chi connectivity index (χ0n) is 19.2. The fourth-order valence-corrected chi connectivity index (χ4v) is 5.87. The maximum atomic E-state index is 13.2. The minimum Gasteiger partial charge on any atom is -0.302 e. The number of fused-ring (bicyclic) bond motifs is 1. The molecule has 2 aliphatic rings. The molecule has 0 N–H and O–H groups in total. The van der Waals surface area contributed by atoms with E-state index in [1.54, 1.807) is 36.4 Å². The van der Waals surface area contributed by atoms with Crippen LogP contribution in [0.25, 0.3) is 0 Å². The maximum absolute atomic E-state index is 13.2. The van der Waals surface area contributed by atoms with Gasteiger partial charge in [-0.05, 0) is 71.7 Å². The molecule has 2 atom stereocenters.